The molecule has 0 fully saturated rings. The molecule has 1 N–H and O–H groups in total. The van der Waals surface area contributed by atoms with Crippen LogP contribution in [0.1, 0.15) is 18.4 Å². The fourth-order valence-corrected chi connectivity index (χ4v) is 4.68. The van der Waals surface area contributed by atoms with Crippen molar-refractivity contribution < 1.29 is 19.0 Å². The number of carbonyl (C=O) groups is 1. The number of hydrogen-bond acceptors (Lipinski definition) is 6. The van der Waals surface area contributed by atoms with Crippen molar-refractivity contribution >= 4 is 28.3 Å². The molecule has 25 heavy (non-hydrogen) atoms. The molecule has 0 radical (unpaired) electrons. The summed E-state index contributed by atoms with van der Waals surface area (Å²) < 4.78 is 16.8. The number of thioether (sulfide) groups is 1. The lowest BCUT2D eigenvalue weighted by molar-refractivity contribution is -0.116. The standard InChI is InChI=1S/C17H19N3O4S/c1-22-8-11(23-2)13-10-4-3-5-24-14-12(10)16(17(21)20-13)25-15(14)9-6-18-19-7-9/h6-7,11,16H,3-5,8H2,1-2H3,(H,18,19)/t11-,16?/m0/s1. The third-order valence-electron chi connectivity index (χ3n) is 4.52. The molecule has 132 valence electrons. The normalized spacial score (nSPS) is 24.0. The summed E-state index contributed by atoms with van der Waals surface area (Å²) in [5.74, 6) is 0.621. The van der Waals surface area contributed by atoms with Crippen molar-refractivity contribution in [2.24, 2.45) is 4.99 Å². The van der Waals surface area contributed by atoms with Gasteiger partial charge in [-0.3, -0.25) is 9.89 Å². The number of aliphatic imine (C=N–C) groups is 1. The Morgan fingerprint density at radius 3 is 3.08 bits per heavy atom. The zero-order valence-electron chi connectivity index (χ0n) is 14.1. The summed E-state index contributed by atoms with van der Waals surface area (Å²) in [6.07, 6.45) is 4.88. The minimum Gasteiger partial charge on any atom is -0.492 e. The van der Waals surface area contributed by atoms with Gasteiger partial charge < -0.3 is 14.2 Å². The Hall–Kier alpha value is -1.90. The van der Waals surface area contributed by atoms with Crippen LogP contribution >= 0.6 is 11.8 Å². The summed E-state index contributed by atoms with van der Waals surface area (Å²) in [6, 6.07) is 0. The number of nitrogens with one attached hydrogen (secondary N) is 1. The second-order valence-electron chi connectivity index (χ2n) is 6.00. The Morgan fingerprint density at radius 1 is 1.48 bits per heavy atom. The molecule has 0 aromatic carbocycles. The molecule has 3 aliphatic heterocycles. The van der Waals surface area contributed by atoms with Gasteiger partial charge >= 0.3 is 0 Å². The fraction of sp³-hybridized carbons (Fsp3) is 0.471. The van der Waals surface area contributed by atoms with E-state index in [-0.39, 0.29) is 17.3 Å². The molecule has 2 atom stereocenters. The third kappa shape index (κ3) is 2.74. The first kappa shape index (κ1) is 16.6. The predicted molar refractivity (Wildman–Crippen MR) is 94.2 cm³/mol. The molecule has 1 aromatic rings. The van der Waals surface area contributed by atoms with E-state index >= 15 is 0 Å². The van der Waals surface area contributed by atoms with E-state index in [1.807, 2.05) is 6.20 Å². The number of allylic oxidation sites excluding steroid dienone is 1. The highest BCUT2D eigenvalue weighted by atomic mass is 32.2. The van der Waals surface area contributed by atoms with Crippen LogP contribution < -0.4 is 0 Å². The van der Waals surface area contributed by atoms with Crippen LogP contribution in [-0.4, -0.2) is 60.6 Å². The van der Waals surface area contributed by atoms with Crippen LogP contribution in [0.2, 0.25) is 0 Å². The van der Waals surface area contributed by atoms with Crippen molar-refractivity contribution in [2.45, 2.75) is 24.2 Å². The molecule has 8 heteroatoms. The highest BCUT2D eigenvalue weighted by Crippen LogP contribution is 2.52. The van der Waals surface area contributed by atoms with E-state index in [1.54, 1.807) is 20.4 Å². The van der Waals surface area contributed by atoms with Crippen LogP contribution in [0.25, 0.3) is 4.91 Å². The van der Waals surface area contributed by atoms with Gasteiger partial charge in [-0.25, -0.2) is 4.99 Å². The molecule has 0 saturated carbocycles. The maximum Gasteiger partial charge on any atom is 0.264 e. The Bertz CT molecular complexity index is 782. The van der Waals surface area contributed by atoms with Crippen LogP contribution in [0.4, 0.5) is 0 Å². The number of aromatic amines is 1. The zero-order valence-corrected chi connectivity index (χ0v) is 14.9. The summed E-state index contributed by atoms with van der Waals surface area (Å²) in [5.41, 5.74) is 3.62. The van der Waals surface area contributed by atoms with Gasteiger partial charge in [0.2, 0.25) is 0 Å². The highest BCUT2D eigenvalue weighted by molar-refractivity contribution is 8.10. The lowest BCUT2D eigenvalue weighted by atomic mass is 9.90. The minimum atomic E-state index is -0.361. The molecule has 4 rings (SSSR count). The molecule has 3 aliphatic rings. The first-order valence-corrected chi connectivity index (χ1v) is 9.03. The number of H-pyrrole nitrogens is 1. The summed E-state index contributed by atoms with van der Waals surface area (Å²) in [5, 5.41) is 6.49. The first-order valence-electron chi connectivity index (χ1n) is 8.15. The quantitative estimate of drug-likeness (QED) is 0.863. The van der Waals surface area contributed by atoms with Crippen LogP contribution in [-0.2, 0) is 19.0 Å². The van der Waals surface area contributed by atoms with Gasteiger partial charge in [0.15, 0.2) is 0 Å². The summed E-state index contributed by atoms with van der Waals surface area (Å²) >= 11 is 1.49. The van der Waals surface area contributed by atoms with Gasteiger partial charge in [0.05, 0.1) is 30.0 Å². The van der Waals surface area contributed by atoms with Gasteiger partial charge in [-0.2, -0.15) is 5.10 Å². The van der Waals surface area contributed by atoms with Gasteiger partial charge in [-0.15, -0.1) is 11.8 Å². The van der Waals surface area contributed by atoms with E-state index < -0.39 is 0 Å². The molecule has 4 heterocycles. The monoisotopic (exact) mass is 361 g/mol. The van der Waals surface area contributed by atoms with Gasteiger partial charge in [-0.05, 0) is 18.4 Å². The number of nitrogens with zero attached hydrogens (tertiary/aromatic N) is 2. The molecule has 1 unspecified atom stereocenters. The number of hydrogen-bond donors (Lipinski definition) is 1. The molecule has 1 aromatic heterocycles. The number of ether oxygens (including phenoxy) is 3. The average Bonchev–Trinajstić information content (AvgIpc) is 3.21. The molecule has 7 nitrogen and oxygen atoms in total. The van der Waals surface area contributed by atoms with Gasteiger partial charge in [0, 0.05) is 31.6 Å². The van der Waals surface area contributed by atoms with Gasteiger partial charge in [0.1, 0.15) is 17.1 Å². The van der Waals surface area contributed by atoms with Crippen molar-refractivity contribution in [1.29, 1.82) is 0 Å². The first-order chi connectivity index (χ1) is 12.2. The van der Waals surface area contributed by atoms with Gasteiger partial charge in [0.25, 0.3) is 5.91 Å². The summed E-state index contributed by atoms with van der Waals surface area (Å²) in [4.78, 5) is 18.0. The van der Waals surface area contributed by atoms with E-state index in [0.29, 0.717) is 18.9 Å². The number of methoxy groups -OCH3 is 2. The van der Waals surface area contributed by atoms with Gasteiger partial charge in [-0.1, -0.05) is 0 Å². The van der Waals surface area contributed by atoms with Crippen molar-refractivity contribution in [3.63, 3.8) is 0 Å². The molecule has 0 aliphatic carbocycles. The smallest absolute Gasteiger partial charge is 0.264 e. The molecule has 0 bridgehead atoms. The molecule has 0 spiro atoms. The summed E-state index contributed by atoms with van der Waals surface area (Å²) in [7, 11) is 3.22. The van der Waals surface area contributed by atoms with E-state index in [4.69, 9.17) is 14.2 Å². The second-order valence-corrected chi connectivity index (χ2v) is 7.12. The van der Waals surface area contributed by atoms with E-state index in [2.05, 4.69) is 15.2 Å². The van der Waals surface area contributed by atoms with Crippen molar-refractivity contribution in [1.82, 2.24) is 10.2 Å². The minimum absolute atomic E-state index is 0.168. The highest BCUT2D eigenvalue weighted by Gasteiger charge is 2.44. The van der Waals surface area contributed by atoms with Crippen molar-refractivity contribution in [2.75, 3.05) is 27.4 Å². The number of aromatic nitrogens is 2. The maximum atomic E-state index is 12.7. The van der Waals surface area contributed by atoms with Crippen molar-refractivity contribution in [3.8, 4) is 0 Å². The molecule has 1 amide bonds. The molecular formula is C17H19N3O4S. The average molecular weight is 361 g/mol. The Kier molecular flexibility index (Phi) is 4.49. The fourth-order valence-electron chi connectivity index (χ4n) is 3.40. The number of amides is 1. The largest absolute Gasteiger partial charge is 0.492 e. The number of dihydropyridines is 1. The Morgan fingerprint density at radius 2 is 2.36 bits per heavy atom. The SMILES string of the molecule is COC[C@H](OC)C1=NC(=O)C2SC(c3cn[nH]c3)=C3OCCCC1=C32. The lowest BCUT2D eigenvalue weighted by Gasteiger charge is -2.25. The summed E-state index contributed by atoms with van der Waals surface area (Å²) in [6.45, 7) is 0.964. The number of carbonyl (C=O) groups excluding carboxylic acids is 1. The van der Waals surface area contributed by atoms with E-state index in [1.165, 1.54) is 11.8 Å². The Labute approximate surface area is 149 Å². The van der Waals surface area contributed by atoms with Crippen LogP contribution in [0, 0.1) is 0 Å². The lowest BCUT2D eigenvalue weighted by Crippen LogP contribution is -2.36. The second kappa shape index (κ2) is 6.78. The third-order valence-corrected chi connectivity index (χ3v) is 5.85. The molecule has 0 saturated heterocycles. The van der Waals surface area contributed by atoms with Crippen LogP contribution in [0.3, 0.4) is 0 Å². The van der Waals surface area contributed by atoms with Crippen LogP contribution in [0.5, 0.6) is 0 Å². The van der Waals surface area contributed by atoms with Crippen LogP contribution in [0.15, 0.2) is 34.3 Å². The maximum absolute atomic E-state index is 12.7. The zero-order chi connectivity index (χ0) is 17.4. The predicted octanol–water partition coefficient (Wildman–Crippen LogP) is 1.94. The van der Waals surface area contributed by atoms with Crippen molar-refractivity contribution in [3.05, 3.63) is 34.9 Å². The van der Waals surface area contributed by atoms with E-state index in [9.17, 15) is 4.79 Å². The molecular weight excluding hydrogens is 342 g/mol. The Balaban J connectivity index is 1.85. The number of rotatable bonds is 5. The van der Waals surface area contributed by atoms with E-state index in [0.717, 1.165) is 40.2 Å². The topological polar surface area (TPSA) is 85.8 Å².